The van der Waals surface area contributed by atoms with Crippen LogP contribution in [-0.2, 0) is 23.9 Å². The number of esters is 2. The summed E-state index contributed by atoms with van der Waals surface area (Å²) in [5.41, 5.74) is -1.64. The number of carbonyl (C=O) groups is 3. The molecule has 0 heterocycles. The molecule has 0 unspecified atom stereocenters. The molecule has 2 N–H and O–H groups in total. The molecule has 7 nitrogen and oxygen atoms in total. The molecule has 0 amide bonds. The molecule has 7 heteroatoms. The first kappa shape index (κ1) is 26.3. The van der Waals surface area contributed by atoms with E-state index in [1.165, 1.54) is 13.8 Å². The van der Waals surface area contributed by atoms with Gasteiger partial charge in [0.15, 0.2) is 0 Å². The minimum absolute atomic E-state index is 0.0487. The number of rotatable bonds is 5. The number of fused-ring (bicyclic) bond motifs is 5. The van der Waals surface area contributed by atoms with Gasteiger partial charge in [0.1, 0.15) is 18.0 Å². The van der Waals surface area contributed by atoms with Gasteiger partial charge in [0.05, 0.1) is 11.7 Å². The zero-order valence-corrected chi connectivity index (χ0v) is 22.0. The highest BCUT2D eigenvalue weighted by atomic mass is 16.6. The summed E-state index contributed by atoms with van der Waals surface area (Å²) in [5.74, 6) is -1.91. The molecule has 0 spiro atoms. The van der Waals surface area contributed by atoms with Gasteiger partial charge in [-0.1, -0.05) is 39.3 Å². The van der Waals surface area contributed by atoms with Gasteiger partial charge in [0.2, 0.25) is 0 Å². The second-order valence-electron chi connectivity index (χ2n) is 12.4. The van der Waals surface area contributed by atoms with E-state index in [0.29, 0.717) is 38.5 Å². The van der Waals surface area contributed by atoms with Crippen LogP contribution in [0.15, 0.2) is 11.6 Å². The number of hydrogen-bond donors (Lipinski definition) is 2. The lowest BCUT2D eigenvalue weighted by Gasteiger charge is -2.64. The highest BCUT2D eigenvalue weighted by Gasteiger charge is 2.75. The largest absolute Gasteiger partial charge is 0.458 e. The lowest BCUT2D eigenvalue weighted by molar-refractivity contribution is -0.274. The average Bonchev–Trinajstić information content (AvgIpc) is 3.02. The van der Waals surface area contributed by atoms with Gasteiger partial charge in [-0.3, -0.25) is 14.4 Å². The molecule has 9 atom stereocenters. The van der Waals surface area contributed by atoms with E-state index in [1.54, 1.807) is 0 Å². The number of ketones is 1. The van der Waals surface area contributed by atoms with E-state index < -0.39 is 52.6 Å². The summed E-state index contributed by atoms with van der Waals surface area (Å²) in [6.45, 7) is 10.7. The zero-order chi connectivity index (χ0) is 25.9. The summed E-state index contributed by atoms with van der Waals surface area (Å²) in [5, 5.41) is 22.9. The second kappa shape index (κ2) is 8.98. The summed E-state index contributed by atoms with van der Waals surface area (Å²) in [6, 6.07) is 0. The monoisotopic (exact) mass is 490 g/mol. The Labute approximate surface area is 208 Å². The number of hydrogen-bond acceptors (Lipinski definition) is 7. The van der Waals surface area contributed by atoms with Crippen LogP contribution in [0.1, 0.15) is 86.5 Å². The van der Waals surface area contributed by atoms with Crippen LogP contribution in [0.5, 0.6) is 0 Å². The lowest BCUT2D eigenvalue weighted by atomic mass is 9.44. The third-order valence-electron chi connectivity index (χ3n) is 9.93. The third-order valence-corrected chi connectivity index (χ3v) is 9.93. The first-order chi connectivity index (χ1) is 16.3. The molecule has 3 fully saturated rings. The molecule has 0 aliphatic heterocycles. The predicted octanol–water partition coefficient (Wildman–Crippen LogP) is 3.74. The van der Waals surface area contributed by atoms with Crippen molar-refractivity contribution in [3.63, 3.8) is 0 Å². The molecule has 35 heavy (non-hydrogen) atoms. The fourth-order valence-electron chi connectivity index (χ4n) is 8.32. The zero-order valence-electron chi connectivity index (χ0n) is 22.0. The summed E-state index contributed by atoms with van der Waals surface area (Å²) in [7, 11) is 0. The average molecular weight is 491 g/mol. The Morgan fingerprint density at radius 2 is 1.80 bits per heavy atom. The molecule has 4 aliphatic rings. The first-order valence-electron chi connectivity index (χ1n) is 13.2. The maximum Gasteiger partial charge on any atom is 0.306 e. The Kier molecular flexibility index (Phi) is 6.76. The number of Topliss-reactive ketones (excluding diaryl/α,β-unsaturated/α-hetero) is 1. The third kappa shape index (κ3) is 3.97. The van der Waals surface area contributed by atoms with Crippen molar-refractivity contribution < 1.29 is 34.1 Å². The standard InChI is InChI=1S/C28H42O7/c1-15(2)13-22(32)35-25-24(34-17(4)30)23-21(8-7-18-14-19(31)9-11-26(18,23)5)28(33)12-10-20(16(3)29)27(25,28)6/h7,15,19-21,23-25,31,33H,8-14H2,1-6H3/t19-,20+,21+,23+,24-,25+,26-,27-,28-/m0/s1. The van der Waals surface area contributed by atoms with Crippen LogP contribution >= 0.6 is 0 Å². The summed E-state index contributed by atoms with van der Waals surface area (Å²) < 4.78 is 12.2. The maximum atomic E-state index is 13.1. The number of carbonyl (C=O) groups excluding carboxylic acids is 3. The Morgan fingerprint density at radius 1 is 1.11 bits per heavy atom. The number of aliphatic hydroxyl groups excluding tert-OH is 1. The maximum absolute atomic E-state index is 13.1. The molecular formula is C28H42O7. The van der Waals surface area contributed by atoms with Crippen molar-refractivity contribution >= 4 is 17.7 Å². The normalized spacial score (nSPS) is 44.5. The van der Waals surface area contributed by atoms with E-state index in [4.69, 9.17) is 9.47 Å². The van der Waals surface area contributed by atoms with Crippen molar-refractivity contribution in [3.8, 4) is 0 Å². The molecule has 0 aromatic rings. The predicted molar refractivity (Wildman–Crippen MR) is 129 cm³/mol. The van der Waals surface area contributed by atoms with Gasteiger partial charge in [0.25, 0.3) is 0 Å². The Balaban J connectivity index is 1.90. The van der Waals surface area contributed by atoms with Crippen molar-refractivity contribution in [2.45, 2.75) is 110 Å². The molecule has 0 radical (unpaired) electrons. The molecule has 0 saturated heterocycles. The van der Waals surface area contributed by atoms with E-state index in [9.17, 15) is 24.6 Å². The van der Waals surface area contributed by atoms with E-state index >= 15 is 0 Å². The highest BCUT2D eigenvalue weighted by molar-refractivity contribution is 5.80. The van der Waals surface area contributed by atoms with Crippen LogP contribution < -0.4 is 0 Å². The Bertz CT molecular complexity index is 924. The number of ether oxygens (including phenoxy) is 2. The van der Waals surface area contributed by atoms with Crippen molar-refractivity contribution in [2.75, 3.05) is 0 Å². The van der Waals surface area contributed by atoms with Crippen molar-refractivity contribution in [1.82, 2.24) is 0 Å². The Hall–Kier alpha value is -1.73. The number of allylic oxidation sites excluding steroid dienone is 1. The van der Waals surface area contributed by atoms with Crippen LogP contribution in [0.4, 0.5) is 0 Å². The van der Waals surface area contributed by atoms with Gasteiger partial charge in [-0.25, -0.2) is 0 Å². The van der Waals surface area contributed by atoms with Crippen LogP contribution in [-0.4, -0.2) is 51.8 Å². The molecule has 3 saturated carbocycles. The molecule has 0 bridgehead atoms. The van der Waals surface area contributed by atoms with Gasteiger partial charge in [0, 0.05) is 30.6 Å². The molecule has 196 valence electrons. The molecule has 4 aliphatic carbocycles. The van der Waals surface area contributed by atoms with Gasteiger partial charge in [-0.05, 0) is 62.7 Å². The van der Waals surface area contributed by atoms with E-state index in [2.05, 4.69) is 13.0 Å². The second-order valence-corrected chi connectivity index (χ2v) is 12.4. The van der Waals surface area contributed by atoms with E-state index in [1.807, 2.05) is 20.8 Å². The summed E-state index contributed by atoms with van der Waals surface area (Å²) in [6.07, 6.45) is 3.57. The Morgan fingerprint density at radius 3 is 2.40 bits per heavy atom. The molecule has 4 rings (SSSR count). The van der Waals surface area contributed by atoms with Gasteiger partial charge in [-0.2, -0.15) is 0 Å². The first-order valence-corrected chi connectivity index (χ1v) is 13.2. The van der Waals surface area contributed by atoms with Crippen LogP contribution in [0.2, 0.25) is 0 Å². The number of aliphatic hydroxyl groups is 2. The van der Waals surface area contributed by atoms with Crippen molar-refractivity contribution in [3.05, 3.63) is 11.6 Å². The minimum atomic E-state index is -1.26. The summed E-state index contributed by atoms with van der Waals surface area (Å²) >= 11 is 0. The quantitative estimate of drug-likeness (QED) is 0.446. The highest BCUT2D eigenvalue weighted by Crippen LogP contribution is 2.69. The van der Waals surface area contributed by atoms with Gasteiger partial charge < -0.3 is 19.7 Å². The summed E-state index contributed by atoms with van der Waals surface area (Å²) in [4.78, 5) is 38.4. The van der Waals surface area contributed by atoms with Crippen molar-refractivity contribution in [1.29, 1.82) is 0 Å². The minimum Gasteiger partial charge on any atom is -0.458 e. The molecule has 0 aromatic carbocycles. The SMILES string of the molecule is CC(=O)O[C@H]1[C@H]2[C@@H](CC=C3C[C@@H](O)CC[C@@]32C)[C@@]2(O)CC[C@H](C(C)=O)[C@@]2(C)[C@@H]1OC(=O)CC(C)C. The van der Waals surface area contributed by atoms with Crippen molar-refractivity contribution in [2.24, 2.45) is 34.5 Å². The van der Waals surface area contributed by atoms with Crippen LogP contribution in [0, 0.1) is 34.5 Å². The van der Waals surface area contributed by atoms with Gasteiger partial charge in [-0.15, -0.1) is 0 Å². The van der Waals surface area contributed by atoms with Crippen LogP contribution in [0.3, 0.4) is 0 Å². The van der Waals surface area contributed by atoms with E-state index in [0.717, 1.165) is 5.57 Å². The fraction of sp³-hybridized carbons (Fsp3) is 0.821. The fourth-order valence-corrected chi connectivity index (χ4v) is 8.32. The van der Waals surface area contributed by atoms with Crippen LogP contribution in [0.25, 0.3) is 0 Å². The molecular weight excluding hydrogens is 448 g/mol. The van der Waals surface area contributed by atoms with E-state index in [-0.39, 0.29) is 30.0 Å². The van der Waals surface area contributed by atoms with Gasteiger partial charge >= 0.3 is 11.9 Å². The lowest BCUT2D eigenvalue weighted by Crippen LogP contribution is -2.72. The molecule has 0 aromatic heterocycles. The topological polar surface area (TPSA) is 110 Å². The smallest absolute Gasteiger partial charge is 0.306 e.